The van der Waals surface area contributed by atoms with Crippen LogP contribution in [0.4, 0.5) is 5.69 Å². The summed E-state index contributed by atoms with van der Waals surface area (Å²) in [7, 11) is 0. The van der Waals surface area contributed by atoms with Crippen LogP contribution in [0.15, 0.2) is 42.5 Å². The number of carbonyl (C=O) groups is 1. The van der Waals surface area contributed by atoms with E-state index in [2.05, 4.69) is 23.1 Å². The lowest BCUT2D eigenvalue weighted by Gasteiger charge is -2.23. The van der Waals surface area contributed by atoms with Crippen LogP contribution in [-0.4, -0.2) is 18.5 Å². The Bertz CT molecular complexity index is 691. The number of anilines is 1. The van der Waals surface area contributed by atoms with Crippen molar-refractivity contribution in [3.63, 3.8) is 0 Å². The van der Waals surface area contributed by atoms with Crippen molar-refractivity contribution < 1.29 is 4.79 Å². The molecule has 1 aliphatic heterocycles. The van der Waals surface area contributed by atoms with E-state index >= 15 is 0 Å². The predicted molar refractivity (Wildman–Crippen MR) is 86.6 cm³/mol. The summed E-state index contributed by atoms with van der Waals surface area (Å²) in [4.78, 5) is 13.7. The summed E-state index contributed by atoms with van der Waals surface area (Å²) in [5, 5.41) is 0. The first-order valence-electron chi connectivity index (χ1n) is 7.33. The van der Waals surface area contributed by atoms with Gasteiger partial charge in [0.2, 0.25) is 0 Å². The molecule has 0 amide bonds. The Hall–Kier alpha value is -2.13. The lowest BCUT2D eigenvalue weighted by molar-refractivity contribution is 0.101. The fraction of sp³-hybridized carbons (Fsp3) is 0.278. The Morgan fingerprint density at radius 1 is 1.19 bits per heavy atom. The summed E-state index contributed by atoms with van der Waals surface area (Å²) in [5.41, 5.74) is 11.6. The Labute approximate surface area is 125 Å². The molecule has 1 heterocycles. The summed E-state index contributed by atoms with van der Waals surface area (Å²) >= 11 is 0. The number of hydrogen-bond acceptors (Lipinski definition) is 3. The van der Waals surface area contributed by atoms with Gasteiger partial charge in [0.15, 0.2) is 5.78 Å². The Balaban J connectivity index is 1.98. The number of nitrogens with zero attached hydrogens (tertiary/aromatic N) is 1. The van der Waals surface area contributed by atoms with Gasteiger partial charge in [-0.15, -0.1) is 0 Å². The van der Waals surface area contributed by atoms with Gasteiger partial charge in [0.1, 0.15) is 0 Å². The smallest absolute Gasteiger partial charge is 0.159 e. The molecule has 21 heavy (non-hydrogen) atoms. The van der Waals surface area contributed by atoms with Crippen molar-refractivity contribution in [2.24, 2.45) is 5.73 Å². The van der Waals surface area contributed by atoms with E-state index in [9.17, 15) is 4.79 Å². The zero-order valence-corrected chi connectivity index (χ0v) is 12.5. The number of carbonyl (C=O) groups excluding carboxylic acids is 1. The van der Waals surface area contributed by atoms with E-state index in [1.54, 1.807) is 6.92 Å². The fourth-order valence-corrected chi connectivity index (χ4v) is 2.95. The summed E-state index contributed by atoms with van der Waals surface area (Å²) in [5.74, 6) is 0.0983. The number of rotatable bonds is 3. The third-order valence-corrected chi connectivity index (χ3v) is 4.11. The van der Waals surface area contributed by atoms with Crippen molar-refractivity contribution in [3.8, 4) is 11.1 Å². The van der Waals surface area contributed by atoms with Crippen LogP contribution < -0.4 is 10.6 Å². The Kier molecular flexibility index (Phi) is 3.52. The first kappa shape index (κ1) is 13.8. The first-order chi connectivity index (χ1) is 10.1. The van der Waals surface area contributed by atoms with E-state index in [0.717, 1.165) is 29.7 Å². The molecule has 2 N–H and O–H groups in total. The molecule has 0 fully saturated rings. The predicted octanol–water partition coefficient (Wildman–Crippen LogP) is 3.22. The number of nitrogens with two attached hydrogens (primary N) is 1. The number of hydrogen-bond donors (Lipinski definition) is 1. The van der Waals surface area contributed by atoms with Crippen LogP contribution in [0.5, 0.6) is 0 Å². The third-order valence-electron chi connectivity index (χ3n) is 4.11. The maximum atomic E-state index is 11.5. The molecule has 3 rings (SSSR count). The highest BCUT2D eigenvalue weighted by Crippen LogP contribution is 2.33. The second-order valence-electron chi connectivity index (χ2n) is 5.66. The van der Waals surface area contributed by atoms with Gasteiger partial charge in [-0.2, -0.15) is 0 Å². The Morgan fingerprint density at radius 2 is 1.95 bits per heavy atom. The molecule has 0 saturated heterocycles. The highest BCUT2D eigenvalue weighted by atomic mass is 16.1. The van der Waals surface area contributed by atoms with E-state index in [1.165, 1.54) is 11.3 Å². The topological polar surface area (TPSA) is 46.3 Å². The van der Waals surface area contributed by atoms with Gasteiger partial charge in [-0.25, -0.2) is 0 Å². The fourth-order valence-electron chi connectivity index (χ4n) is 2.95. The molecular formula is C18H20N2O. The van der Waals surface area contributed by atoms with Gasteiger partial charge in [0.25, 0.3) is 0 Å². The summed E-state index contributed by atoms with van der Waals surface area (Å²) in [6.07, 6.45) is 1.06. The van der Waals surface area contributed by atoms with Gasteiger partial charge < -0.3 is 10.6 Å². The minimum Gasteiger partial charge on any atom is -0.356 e. The lowest BCUT2D eigenvalue weighted by Crippen LogP contribution is -2.38. The largest absolute Gasteiger partial charge is 0.356 e. The van der Waals surface area contributed by atoms with Crippen LogP contribution in [-0.2, 0) is 6.42 Å². The van der Waals surface area contributed by atoms with Crippen LogP contribution in [0.3, 0.4) is 0 Å². The molecule has 3 heteroatoms. The molecule has 3 nitrogen and oxygen atoms in total. The first-order valence-corrected chi connectivity index (χ1v) is 7.33. The third kappa shape index (κ3) is 2.57. The molecule has 0 radical (unpaired) electrons. The van der Waals surface area contributed by atoms with Crippen molar-refractivity contribution in [1.29, 1.82) is 0 Å². The normalized spacial score (nSPS) is 14.9. The van der Waals surface area contributed by atoms with Gasteiger partial charge in [-0.05, 0) is 55.2 Å². The molecule has 108 valence electrons. The molecular weight excluding hydrogens is 260 g/mol. The van der Waals surface area contributed by atoms with E-state index in [1.807, 2.05) is 31.2 Å². The zero-order chi connectivity index (χ0) is 15.0. The Morgan fingerprint density at radius 3 is 2.67 bits per heavy atom. The van der Waals surface area contributed by atoms with Gasteiger partial charge in [0, 0.05) is 17.8 Å². The van der Waals surface area contributed by atoms with Crippen LogP contribution in [0.25, 0.3) is 11.1 Å². The van der Waals surface area contributed by atoms with Crippen molar-refractivity contribution in [2.45, 2.75) is 26.4 Å². The molecule has 1 unspecified atom stereocenters. The lowest BCUT2D eigenvalue weighted by atomic mass is 9.99. The van der Waals surface area contributed by atoms with Crippen molar-refractivity contribution in [1.82, 2.24) is 0 Å². The number of ketones is 1. The molecule has 0 aromatic heterocycles. The van der Waals surface area contributed by atoms with Crippen molar-refractivity contribution >= 4 is 11.5 Å². The number of Topliss-reactive ketones (excluding diaryl/α,β-unsaturated/α-hetero) is 1. The van der Waals surface area contributed by atoms with Crippen molar-refractivity contribution in [2.75, 3.05) is 11.4 Å². The highest BCUT2D eigenvalue weighted by molar-refractivity contribution is 5.95. The molecule has 2 aromatic carbocycles. The maximum absolute atomic E-state index is 11.5. The van der Waals surface area contributed by atoms with Gasteiger partial charge >= 0.3 is 0 Å². The SMILES string of the molecule is CC(=O)c1cccc(-c2ccc3c(c2)CCN3C(C)N)c1. The van der Waals surface area contributed by atoms with Crippen LogP contribution in [0.1, 0.15) is 29.8 Å². The maximum Gasteiger partial charge on any atom is 0.159 e. The van der Waals surface area contributed by atoms with Crippen molar-refractivity contribution in [3.05, 3.63) is 53.6 Å². The molecule has 0 spiro atoms. The average molecular weight is 280 g/mol. The summed E-state index contributed by atoms with van der Waals surface area (Å²) < 4.78 is 0. The minimum absolute atomic E-state index is 0.0399. The average Bonchev–Trinajstić information content (AvgIpc) is 2.90. The van der Waals surface area contributed by atoms with Gasteiger partial charge in [-0.3, -0.25) is 4.79 Å². The monoisotopic (exact) mass is 280 g/mol. The van der Waals surface area contributed by atoms with Crippen LogP contribution in [0.2, 0.25) is 0 Å². The standard InChI is InChI=1S/C18H20N2O/c1-12(21)14-4-3-5-15(10-14)16-6-7-18-17(11-16)8-9-20(18)13(2)19/h3-7,10-11,13H,8-9,19H2,1-2H3. The molecule has 1 aliphatic rings. The molecule has 0 bridgehead atoms. The van der Waals surface area contributed by atoms with E-state index in [-0.39, 0.29) is 11.9 Å². The quantitative estimate of drug-likeness (QED) is 0.878. The van der Waals surface area contributed by atoms with Gasteiger partial charge in [-0.1, -0.05) is 24.3 Å². The summed E-state index contributed by atoms with van der Waals surface area (Å²) in [6.45, 7) is 4.59. The highest BCUT2D eigenvalue weighted by Gasteiger charge is 2.21. The van der Waals surface area contributed by atoms with E-state index < -0.39 is 0 Å². The molecule has 0 aliphatic carbocycles. The molecule has 1 atom stereocenters. The second-order valence-corrected chi connectivity index (χ2v) is 5.66. The minimum atomic E-state index is 0.0399. The molecule has 0 saturated carbocycles. The van der Waals surface area contributed by atoms with Crippen LogP contribution >= 0.6 is 0 Å². The number of benzene rings is 2. The summed E-state index contributed by atoms with van der Waals surface area (Å²) in [6, 6.07) is 14.3. The van der Waals surface area contributed by atoms with Gasteiger partial charge in [0.05, 0.1) is 6.17 Å². The zero-order valence-electron chi connectivity index (χ0n) is 12.5. The van der Waals surface area contributed by atoms with E-state index in [4.69, 9.17) is 5.73 Å². The van der Waals surface area contributed by atoms with E-state index in [0.29, 0.717) is 0 Å². The second kappa shape index (κ2) is 5.34. The van der Waals surface area contributed by atoms with Crippen LogP contribution in [0, 0.1) is 0 Å². The molecule has 2 aromatic rings. The number of fused-ring (bicyclic) bond motifs is 1.